The first-order valence-corrected chi connectivity index (χ1v) is 12.6. The molecule has 0 saturated heterocycles. The van der Waals surface area contributed by atoms with Crippen LogP contribution < -0.4 is 10.6 Å². The van der Waals surface area contributed by atoms with Gasteiger partial charge in [0.1, 0.15) is 0 Å². The van der Waals surface area contributed by atoms with Gasteiger partial charge in [-0.25, -0.2) is 4.79 Å². The highest BCUT2D eigenvalue weighted by atomic mass is 28.4. The summed E-state index contributed by atoms with van der Waals surface area (Å²) in [5.74, 6) is 0. The van der Waals surface area contributed by atoms with Crippen molar-refractivity contribution in [3.05, 3.63) is 54.6 Å². The number of hydrogen-bond donors (Lipinski definition) is 2. The number of urea groups is 1. The van der Waals surface area contributed by atoms with Crippen LogP contribution in [0.4, 0.5) is 21.9 Å². The normalized spacial score (nSPS) is 11.6. The molecule has 0 atom stereocenters. The largest absolute Gasteiger partial charge is 0.500 e. The van der Waals surface area contributed by atoms with E-state index in [1.807, 2.05) is 51.1 Å². The minimum atomic E-state index is -2.67. The summed E-state index contributed by atoms with van der Waals surface area (Å²) in [4.78, 5) is 12.2. The number of carbonyl (C=O) groups is 1. The Bertz CT molecular complexity index is 786. The van der Waals surface area contributed by atoms with Crippen molar-refractivity contribution in [1.82, 2.24) is 5.32 Å². The first kappa shape index (κ1) is 24.7. The smallest absolute Gasteiger partial charge is 0.374 e. The predicted molar refractivity (Wildman–Crippen MR) is 124 cm³/mol. The molecule has 2 aromatic carbocycles. The summed E-state index contributed by atoms with van der Waals surface area (Å²) in [5, 5.41) is 14.0. The third-order valence-electron chi connectivity index (χ3n) is 4.20. The molecular weight excluding hydrogens is 412 g/mol. The van der Waals surface area contributed by atoms with E-state index in [-0.39, 0.29) is 6.03 Å². The number of azo groups is 1. The number of rotatable bonds is 13. The van der Waals surface area contributed by atoms with Crippen LogP contribution in [-0.2, 0) is 13.3 Å². The molecule has 0 heterocycles. The van der Waals surface area contributed by atoms with Gasteiger partial charge in [-0.05, 0) is 63.6 Å². The van der Waals surface area contributed by atoms with Gasteiger partial charge in [-0.2, -0.15) is 10.2 Å². The zero-order valence-corrected chi connectivity index (χ0v) is 19.5. The summed E-state index contributed by atoms with van der Waals surface area (Å²) < 4.78 is 17.5. The van der Waals surface area contributed by atoms with Crippen LogP contribution in [0.3, 0.4) is 0 Å². The second kappa shape index (κ2) is 13.7. The van der Waals surface area contributed by atoms with Crippen LogP contribution in [0.1, 0.15) is 27.2 Å². The lowest BCUT2D eigenvalue weighted by molar-refractivity contribution is 0.0708. The van der Waals surface area contributed by atoms with Crippen molar-refractivity contribution >= 4 is 31.9 Å². The fourth-order valence-corrected chi connectivity index (χ4v) is 5.52. The van der Waals surface area contributed by atoms with Crippen LogP contribution in [0.5, 0.6) is 0 Å². The Morgan fingerprint density at radius 3 is 1.94 bits per heavy atom. The molecule has 0 bridgehead atoms. The highest BCUT2D eigenvalue weighted by Gasteiger charge is 2.39. The molecule has 0 spiro atoms. The van der Waals surface area contributed by atoms with Crippen LogP contribution in [0.25, 0.3) is 0 Å². The lowest BCUT2D eigenvalue weighted by Crippen LogP contribution is -2.46. The number of nitrogens with zero attached hydrogens (tertiary/aromatic N) is 2. The highest BCUT2D eigenvalue weighted by Crippen LogP contribution is 2.20. The Hall–Kier alpha value is -2.59. The van der Waals surface area contributed by atoms with Gasteiger partial charge < -0.3 is 23.9 Å². The summed E-state index contributed by atoms with van der Waals surface area (Å²) in [7, 11) is -2.67. The highest BCUT2D eigenvalue weighted by molar-refractivity contribution is 6.60. The fraction of sp³-hybridized carbons (Fsp3) is 0.409. The number of amides is 2. The van der Waals surface area contributed by atoms with Gasteiger partial charge in [0.2, 0.25) is 0 Å². The Kier molecular flexibility index (Phi) is 10.9. The Labute approximate surface area is 185 Å². The van der Waals surface area contributed by atoms with Gasteiger partial charge in [0.15, 0.2) is 0 Å². The quantitative estimate of drug-likeness (QED) is 0.237. The minimum absolute atomic E-state index is 0.268. The third kappa shape index (κ3) is 8.97. The van der Waals surface area contributed by atoms with E-state index in [4.69, 9.17) is 13.3 Å². The van der Waals surface area contributed by atoms with Crippen molar-refractivity contribution in [2.45, 2.75) is 33.2 Å². The second-order valence-corrected chi connectivity index (χ2v) is 9.28. The second-order valence-electron chi connectivity index (χ2n) is 6.55. The molecule has 9 heteroatoms. The molecule has 0 fully saturated rings. The van der Waals surface area contributed by atoms with Gasteiger partial charge in [-0.1, -0.05) is 18.2 Å². The lowest BCUT2D eigenvalue weighted by atomic mass is 10.3. The molecule has 2 rings (SSSR count). The molecular formula is C22H32N4O4Si. The molecule has 0 aromatic heterocycles. The van der Waals surface area contributed by atoms with Crippen LogP contribution >= 0.6 is 0 Å². The Morgan fingerprint density at radius 2 is 1.39 bits per heavy atom. The van der Waals surface area contributed by atoms with E-state index >= 15 is 0 Å². The summed E-state index contributed by atoms with van der Waals surface area (Å²) in [5.41, 5.74) is 2.17. The molecule has 2 N–H and O–H groups in total. The van der Waals surface area contributed by atoms with Crippen LogP contribution in [0.15, 0.2) is 64.8 Å². The molecule has 2 amide bonds. The number of nitrogens with one attached hydrogen (secondary N) is 2. The van der Waals surface area contributed by atoms with Crippen LogP contribution in [0, 0.1) is 0 Å². The van der Waals surface area contributed by atoms with E-state index in [1.54, 1.807) is 24.3 Å². The Morgan fingerprint density at radius 1 is 0.839 bits per heavy atom. The average Bonchev–Trinajstić information content (AvgIpc) is 2.78. The summed E-state index contributed by atoms with van der Waals surface area (Å²) in [6, 6.07) is 17.1. The zero-order chi connectivity index (χ0) is 22.4. The minimum Gasteiger partial charge on any atom is -0.374 e. The van der Waals surface area contributed by atoms with Crippen molar-refractivity contribution < 1.29 is 18.1 Å². The first-order chi connectivity index (χ1) is 15.1. The maximum atomic E-state index is 12.2. The zero-order valence-electron chi connectivity index (χ0n) is 18.5. The molecule has 31 heavy (non-hydrogen) atoms. The first-order valence-electron chi connectivity index (χ1n) is 10.6. The molecule has 0 radical (unpaired) electrons. The van der Waals surface area contributed by atoms with Crippen molar-refractivity contribution in [3.8, 4) is 0 Å². The standard InChI is InChI=1S/C22H32N4O4Si/c1-4-28-31(29-5-2,30-6-3)18-10-17-23-22(27)24-19-13-15-21(16-14-19)26-25-20-11-8-7-9-12-20/h7-9,11-16H,4-6,10,17-18H2,1-3H3,(H2,23,24,27)/b26-25+. The lowest BCUT2D eigenvalue weighted by Gasteiger charge is -2.28. The maximum absolute atomic E-state index is 12.2. The van der Waals surface area contributed by atoms with E-state index in [1.165, 1.54) is 0 Å². The molecule has 0 aliphatic rings. The summed E-state index contributed by atoms with van der Waals surface area (Å²) in [6.45, 7) is 7.92. The van der Waals surface area contributed by atoms with Gasteiger partial charge >= 0.3 is 14.8 Å². The van der Waals surface area contributed by atoms with Gasteiger partial charge in [-0.15, -0.1) is 0 Å². The molecule has 0 aliphatic carbocycles. The molecule has 168 valence electrons. The predicted octanol–water partition coefficient (Wildman–Crippen LogP) is 5.66. The Balaban J connectivity index is 1.77. The van der Waals surface area contributed by atoms with Crippen molar-refractivity contribution in [2.75, 3.05) is 31.7 Å². The van der Waals surface area contributed by atoms with Gasteiger partial charge in [0.25, 0.3) is 0 Å². The average molecular weight is 445 g/mol. The summed E-state index contributed by atoms with van der Waals surface area (Å²) in [6.07, 6.45) is 0.707. The van der Waals surface area contributed by atoms with E-state index in [0.29, 0.717) is 50.2 Å². The monoisotopic (exact) mass is 444 g/mol. The van der Waals surface area contributed by atoms with Crippen molar-refractivity contribution in [2.24, 2.45) is 10.2 Å². The number of carbonyl (C=O) groups excluding carboxylic acids is 1. The van der Waals surface area contributed by atoms with Crippen molar-refractivity contribution in [1.29, 1.82) is 0 Å². The third-order valence-corrected chi connectivity index (χ3v) is 7.35. The topological polar surface area (TPSA) is 93.5 Å². The van der Waals surface area contributed by atoms with E-state index in [2.05, 4.69) is 20.9 Å². The molecule has 0 unspecified atom stereocenters. The molecule has 2 aromatic rings. The maximum Gasteiger partial charge on any atom is 0.500 e. The molecule has 0 aliphatic heterocycles. The number of hydrogen-bond acceptors (Lipinski definition) is 6. The van der Waals surface area contributed by atoms with E-state index < -0.39 is 8.80 Å². The summed E-state index contributed by atoms with van der Waals surface area (Å²) >= 11 is 0. The molecule has 0 saturated carbocycles. The van der Waals surface area contributed by atoms with Gasteiger partial charge in [-0.3, -0.25) is 0 Å². The van der Waals surface area contributed by atoms with E-state index in [0.717, 1.165) is 5.69 Å². The SMILES string of the molecule is CCO[Si](CCCNC(=O)Nc1ccc(/N=N/c2ccccc2)cc1)(OCC)OCC. The van der Waals surface area contributed by atoms with Crippen molar-refractivity contribution in [3.63, 3.8) is 0 Å². The number of benzene rings is 2. The van der Waals surface area contributed by atoms with Crippen LogP contribution in [0.2, 0.25) is 6.04 Å². The fourth-order valence-electron chi connectivity index (χ4n) is 2.90. The van der Waals surface area contributed by atoms with Gasteiger partial charge in [0.05, 0.1) is 11.4 Å². The van der Waals surface area contributed by atoms with E-state index in [9.17, 15) is 4.79 Å². The molecule has 8 nitrogen and oxygen atoms in total. The number of anilines is 1. The van der Waals surface area contributed by atoms with Gasteiger partial charge in [0, 0.05) is 38.1 Å². The van der Waals surface area contributed by atoms with Crippen LogP contribution in [-0.4, -0.2) is 41.2 Å².